The van der Waals surface area contributed by atoms with E-state index >= 15 is 0 Å². The fourth-order valence-corrected chi connectivity index (χ4v) is 1.69. The van der Waals surface area contributed by atoms with Gasteiger partial charge in [0.05, 0.1) is 5.39 Å². The molecular weight excluding hydrogens is 241 g/mol. The monoisotopic (exact) mass is 248 g/mol. The predicted molar refractivity (Wildman–Crippen MR) is 62.4 cm³/mol. The molecule has 0 aliphatic rings. The Morgan fingerprint density at radius 1 is 1.39 bits per heavy atom. The summed E-state index contributed by atoms with van der Waals surface area (Å²) in [4.78, 5) is 22.3. The van der Waals surface area contributed by atoms with Gasteiger partial charge in [-0.3, -0.25) is 4.79 Å². The number of aromatic nitrogens is 2. The van der Waals surface area contributed by atoms with E-state index in [1.54, 1.807) is 0 Å². The van der Waals surface area contributed by atoms with Gasteiger partial charge in [-0.25, -0.2) is 13.5 Å². The maximum Gasteiger partial charge on any atom is 0.282 e. The fraction of sp³-hybridized carbons (Fsp3) is 0.182. The first-order valence-electron chi connectivity index (χ1n) is 5.06. The van der Waals surface area contributed by atoms with Gasteiger partial charge in [0.1, 0.15) is 26.4 Å². The number of carbonyl (C=O) groups excluding carboxylic acids is 1. The summed E-state index contributed by atoms with van der Waals surface area (Å²) in [5.74, 6) is 0. The molecule has 0 aliphatic carbocycles. The van der Waals surface area contributed by atoms with Crippen LogP contribution in [0.25, 0.3) is 10.8 Å². The van der Waals surface area contributed by atoms with Gasteiger partial charge < -0.3 is 4.79 Å². The molecule has 0 saturated carbocycles. The zero-order valence-corrected chi connectivity index (χ0v) is 9.14. The lowest BCUT2D eigenvalue weighted by Gasteiger charge is -2.09. The van der Waals surface area contributed by atoms with Crippen molar-refractivity contribution in [3.8, 4) is 0 Å². The molecule has 1 aromatic carbocycles. The molecule has 0 amide bonds. The number of hydrogen-bond acceptors (Lipinski definition) is 3. The molecule has 90 valence electrons. The number of fused-ring (bicyclic) bond motifs is 1. The molecule has 2 rings (SSSR count). The van der Waals surface area contributed by atoms with Gasteiger partial charge in [0, 0.05) is 5.39 Å². The molecule has 7 heteroatoms. The average Bonchev–Trinajstić information content (AvgIpc) is 2.33. The first kappa shape index (κ1) is 12.4. The van der Waals surface area contributed by atoms with Gasteiger partial charge in [0.2, 0.25) is 0 Å². The third kappa shape index (κ3) is 2.03. The molecule has 0 aliphatic heterocycles. The Hall–Kier alpha value is -2.05. The molecule has 0 N–H and O–H groups in total. The molecular formula is C11H7BF2N2O2. The number of aldehydes is 1. The van der Waals surface area contributed by atoms with E-state index in [1.807, 2.05) is 0 Å². The van der Waals surface area contributed by atoms with Gasteiger partial charge >= 0.3 is 0 Å². The Labute approximate surface area is 102 Å². The molecule has 0 saturated heterocycles. The van der Waals surface area contributed by atoms with Crippen LogP contribution in [-0.4, -0.2) is 23.9 Å². The predicted octanol–water partition coefficient (Wildman–Crippen LogP) is 0.327. The van der Waals surface area contributed by atoms with Crippen LogP contribution in [0, 0.1) is 0 Å². The third-order valence-corrected chi connectivity index (χ3v) is 2.47. The zero-order chi connectivity index (χ0) is 13.3. The second kappa shape index (κ2) is 4.68. The summed E-state index contributed by atoms with van der Waals surface area (Å²) in [6.07, 6.45) is -2.42. The molecule has 0 bridgehead atoms. The summed E-state index contributed by atoms with van der Waals surface area (Å²) in [5, 5.41) is 3.58. The second-order valence-corrected chi connectivity index (χ2v) is 3.64. The van der Waals surface area contributed by atoms with Crippen molar-refractivity contribution in [1.29, 1.82) is 0 Å². The minimum absolute atomic E-state index is 0.0298. The second-order valence-electron chi connectivity index (χ2n) is 3.64. The number of nitrogens with zero attached hydrogens (tertiary/aromatic N) is 2. The number of rotatable bonds is 3. The van der Waals surface area contributed by atoms with E-state index in [4.69, 9.17) is 7.85 Å². The summed E-state index contributed by atoms with van der Waals surface area (Å²) >= 11 is 0. The van der Waals surface area contributed by atoms with Crippen molar-refractivity contribution in [2.45, 2.75) is 13.0 Å². The lowest BCUT2D eigenvalue weighted by molar-refractivity contribution is -0.108. The highest BCUT2D eigenvalue weighted by atomic mass is 19.3. The van der Waals surface area contributed by atoms with Crippen LogP contribution in [0.5, 0.6) is 0 Å². The van der Waals surface area contributed by atoms with Gasteiger partial charge in [-0.2, -0.15) is 5.10 Å². The van der Waals surface area contributed by atoms with E-state index in [-0.39, 0.29) is 22.8 Å². The summed E-state index contributed by atoms with van der Waals surface area (Å²) in [7, 11) is 5.52. The topological polar surface area (TPSA) is 52.0 Å². The highest BCUT2D eigenvalue weighted by molar-refractivity contribution is 6.33. The highest BCUT2D eigenvalue weighted by Gasteiger charge is 2.17. The van der Waals surface area contributed by atoms with Gasteiger partial charge in [-0.05, 0) is 0 Å². The van der Waals surface area contributed by atoms with Gasteiger partial charge in [0.15, 0.2) is 0 Å². The number of alkyl halides is 2. The first-order valence-corrected chi connectivity index (χ1v) is 5.06. The standard InChI is InChI=1S/C11H7BF2N2O2/c12-6-1-2-7-8(5-6)11(18)16(3-4-17)15-9(7)10(13)14/h1-2,4-5,10H,3H2. The molecule has 0 atom stereocenters. The number of halogens is 2. The van der Waals surface area contributed by atoms with Crippen LogP contribution >= 0.6 is 0 Å². The van der Waals surface area contributed by atoms with Crippen LogP contribution < -0.4 is 11.0 Å². The van der Waals surface area contributed by atoms with Crippen LogP contribution in [0.2, 0.25) is 0 Å². The molecule has 18 heavy (non-hydrogen) atoms. The lowest BCUT2D eigenvalue weighted by atomic mass is 9.94. The van der Waals surface area contributed by atoms with Crippen LogP contribution in [-0.2, 0) is 11.3 Å². The minimum Gasteiger partial charge on any atom is -0.301 e. The lowest BCUT2D eigenvalue weighted by Crippen LogP contribution is -2.26. The molecule has 0 unspecified atom stereocenters. The Morgan fingerprint density at radius 3 is 2.72 bits per heavy atom. The Kier molecular flexibility index (Phi) is 3.22. The number of benzene rings is 1. The van der Waals surface area contributed by atoms with Crippen molar-refractivity contribution in [2.24, 2.45) is 0 Å². The van der Waals surface area contributed by atoms with Crippen LogP contribution in [0.3, 0.4) is 0 Å². The first-order chi connectivity index (χ1) is 8.54. The summed E-state index contributed by atoms with van der Waals surface area (Å²) in [6.45, 7) is -0.372. The van der Waals surface area contributed by atoms with Gasteiger partial charge in [0.25, 0.3) is 12.0 Å². The molecule has 2 aromatic rings. The van der Waals surface area contributed by atoms with Crippen LogP contribution in [0.1, 0.15) is 12.1 Å². The largest absolute Gasteiger partial charge is 0.301 e. The Morgan fingerprint density at radius 2 is 2.11 bits per heavy atom. The van der Waals surface area contributed by atoms with E-state index in [2.05, 4.69) is 5.10 Å². The SMILES string of the molecule is [B]c1ccc2c(C(F)F)nn(CC=O)c(=O)c2c1. The quantitative estimate of drug-likeness (QED) is 0.580. The van der Waals surface area contributed by atoms with E-state index in [0.717, 1.165) is 0 Å². The van der Waals surface area contributed by atoms with Crippen molar-refractivity contribution in [2.75, 3.05) is 0 Å². The molecule has 2 radical (unpaired) electrons. The summed E-state index contributed by atoms with van der Waals surface area (Å²) in [6, 6.07) is 4.04. The molecule has 1 heterocycles. The zero-order valence-electron chi connectivity index (χ0n) is 9.14. The van der Waals surface area contributed by atoms with Crippen molar-refractivity contribution in [3.05, 3.63) is 34.2 Å². The molecule has 0 spiro atoms. The van der Waals surface area contributed by atoms with Crippen LogP contribution in [0.15, 0.2) is 23.0 Å². The van der Waals surface area contributed by atoms with Crippen molar-refractivity contribution < 1.29 is 13.6 Å². The fourth-order valence-electron chi connectivity index (χ4n) is 1.69. The third-order valence-electron chi connectivity index (χ3n) is 2.47. The van der Waals surface area contributed by atoms with E-state index in [9.17, 15) is 18.4 Å². The maximum absolute atomic E-state index is 12.9. The van der Waals surface area contributed by atoms with Crippen molar-refractivity contribution >= 4 is 30.4 Å². The number of hydrogen-bond donors (Lipinski definition) is 0. The van der Waals surface area contributed by atoms with Crippen molar-refractivity contribution in [1.82, 2.24) is 9.78 Å². The van der Waals surface area contributed by atoms with Gasteiger partial charge in [-0.1, -0.05) is 23.7 Å². The summed E-state index contributed by atoms with van der Waals surface area (Å²) < 4.78 is 26.4. The maximum atomic E-state index is 12.9. The normalized spacial score (nSPS) is 11.1. The number of carbonyl (C=O) groups is 1. The van der Waals surface area contributed by atoms with Crippen molar-refractivity contribution in [3.63, 3.8) is 0 Å². The Bertz CT molecular complexity index is 670. The van der Waals surface area contributed by atoms with E-state index < -0.39 is 17.7 Å². The molecule has 0 fully saturated rings. The van der Waals surface area contributed by atoms with E-state index in [1.165, 1.54) is 18.2 Å². The van der Waals surface area contributed by atoms with Gasteiger partial charge in [-0.15, -0.1) is 0 Å². The van der Waals surface area contributed by atoms with E-state index in [0.29, 0.717) is 11.0 Å². The molecule has 4 nitrogen and oxygen atoms in total. The minimum atomic E-state index is -2.84. The Balaban J connectivity index is 2.87. The molecule has 1 aromatic heterocycles. The van der Waals surface area contributed by atoms with Crippen LogP contribution in [0.4, 0.5) is 8.78 Å². The smallest absolute Gasteiger partial charge is 0.282 e. The summed E-state index contributed by atoms with van der Waals surface area (Å²) in [5.41, 5.74) is -0.871. The average molecular weight is 248 g/mol. The highest BCUT2D eigenvalue weighted by Crippen LogP contribution is 2.22.